The summed E-state index contributed by atoms with van der Waals surface area (Å²) in [6.07, 6.45) is 0. The topological polar surface area (TPSA) is 20.3 Å². The zero-order valence-corrected chi connectivity index (χ0v) is 8.92. The summed E-state index contributed by atoms with van der Waals surface area (Å²) in [5.41, 5.74) is 0.0914. The van der Waals surface area contributed by atoms with Gasteiger partial charge in [-0.25, -0.2) is 8.78 Å². The van der Waals surface area contributed by atoms with Gasteiger partial charge in [0, 0.05) is 19.7 Å². The fraction of sp³-hybridized carbons (Fsp3) is 0.364. The third-order valence-corrected chi connectivity index (χ3v) is 2.26. The van der Waals surface area contributed by atoms with Crippen LogP contribution in [-0.2, 0) is 4.79 Å². The van der Waals surface area contributed by atoms with Crippen LogP contribution in [0.15, 0.2) is 18.2 Å². The van der Waals surface area contributed by atoms with Gasteiger partial charge in [0.05, 0.1) is 5.92 Å². The van der Waals surface area contributed by atoms with E-state index >= 15 is 0 Å². The normalized spacial score (nSPS) is 12.3. The molecular weight excluding hydrogens is 200 g/mol. The molecule has 4 heteroatoms. The molecule has 2 nitrogen and oxygen atoms in total. The van der Waals surface area contributed by atoms with Crippen LogP contribution in [0, 0.1) is 11.6 Å². The number of rotatable bonds is 2. The van der Waals surface area contributed by atoms with Crippen LogP contribution < -0.4 is 0 Å². The molecule has 0 aromatic heterocycles. The van der Waals surface area contributed by atoms with Gasteiger partial charge >= 0.3 is 0 Å². The van der Waals surface area contributed by atoms with Crippen LogP contribution in [-0.4, -0.2) is 24.9 Å². The predicted molar refractivity (Wildman–Crippen MR) is 53.5 cm³/mol. The highest BCUT2D eigenvalue weighted by Crippen LogP contribution is 2.22. The van der Waals surface area contributed by atoms with Crippen LogP contribution in [0.3, 0.4) is 0 Å². The third kappa shape index (κ3) is 2.32. The van der Waals surface area contributed by atoms with Crippen molar-refractivity contribution in [1.29, 1.82) is 0 Å². The SMILES string of the molecule is CC(C(=O)N(C)C)c1cccc(F)c1F. The second-order valence-electron chi connectivity index (χ2n) is 3.60. The number of carbonyl (C=O) groups is 1. The molecule has 1 amide bonds. The number of halogens is 2. The Morgan fingerprint density at radius 1 is 1.33 bits per heavy atom. The average Bonchev–Trinajstić information content (AvgIpc) is 2.20. The Balaban J connectivity index is 3.06. The standard InChI is InChI=1S/C11H13F2NO/c1-7(11(15)14(2)3)8-5-4-6-9(12)10(8)13/h4-7H,1-3H3. The molecule has 15 heavy (non-hydrogen) atoms. The molecule has 0 saturated carbocycles. The molecule has 0 bridgehead atoms. The second-order valence-corrected chi connectivity index (χ2v) is 3.60. The molecule has 0 N–H and O–H groups in total. The van der Waals surface area contributed by atoms with E-state index in [4.69, 9.17) is 0 Å². The highest BCUT2D eigenvalue weighted by atomic mass is 19.2. The van der Waals surface area contributed by atoms with Crippen LogP contribution in [0.1, 0.15) is 18.4 Å². The van der Waals surface area contributed by atoms with Gasteiger partial charge in [-0.3, -0.25) is 4.79 Å². The van der Waals surface area contributed by atoms with Crippen molar-refractivity contribution in [3.63, 3.8) is 0 Å². The van der Waals surface area contributed by atoms with Crippen molar-refractivity contribution in [2.24, 2.45) is 0 Å². The van der Waals surface area contributed by atoms with E-state index in [-0.39, 0.29) is 11.5 Å². The molecule has 1 rings (SSSR count). The van der Waals surface area contributed by atoms with Crippen LogP contribution in [0.2, 0.25) is 0 Å². The fourth-order valence-electron chi connectivity index (χ4n) is 1.38. The van der Waals surface area contributed by atoms with E-state index in [1.54, 1.807) is 21.0 Å². The van der Waals surface area contributed by atoms with Gasteiger partial charge in [0.2, 0.25) is 5.91 Å². The summed E-state index contributed by atoms with van der Waals surface area (Å²) >= 11 is 0. The quantitative estimate of drug-likeness (QED) is 0.737. The van der Waals surface area contributed by atoms with Crippen molar-refractivity contribution >= 4 is 5.91 Å². The first-order chi connectivity index (χ1) is 6.95. The Hall–Kier alpha value is -1.45. The maximum absolute atomic E-state index is 13.3. The maximum atomic E-state index is 13.3. The van der Waals surface area contributed by atoms with Gasteiger partial charge in [-0.15, -0.1) is 0 Å². The van der Waals surface area contributed by atoms with E-state index in [1.165, 1.54) is 17.0 Å². The molecule has 0 fully saturated rings. The van der Waals surface area contributed by atoms with E-state index in [2.05, 4.69) is 0 Å². The highest BCUT2D eigenvalue weighted by Gasteiger charge is 2.21. The summed E-state index contributed by atoms with van der Waals surface area (Å²) in [6.45, 7) is 1.56. The van der Waals surface area contributed by atoms with E-state index < -0.39 is 17.6 Å². The molecule has 1 atom stereocenters. The van der Waals surface area contributed by atoms with Crippen LogP contribution in [0.4, 0.5) is 8.78 Å². The number of hydrogen-bond acceptors (Lipinski definition) is 1. The molecule has 82 valence electrons. The van der Waals surface area contributed by atoms with Crippen molar-refractivity contribution < 1.29 is 13.6 Å². The lowest BCUT2D eigenvalue weighted by molar-refractivity contribution is -0.129. The number of amides is 1. The molecule has 0 aliphatic rings. The summed E-state index contributed by atoms with van der Waals surface area (Å²) in [5.74, 6) is -2.79. The van der Waals surface area contributed by atoms with Gasteiger partial charge in [-0.05, 0) is 13.0 Å². The van der Waals surface area contributed by atoms with E-state index in [0.29, 0.717) is 0 Å². The largest absolute Gasteiger partial charge is 0.348 e. The van der Waals surface area contributed by atoms with Crippen molar-refractivity contribution in [3.8, 4) is 0 Å². The molecule has 0 radical (unpaired) electrons. The monoisotopic (exact) mass is 213 g/mol. The first-order valence-corrected chi connectivity index (χ1v) is 4.60. The zero-order valence-electron chi connectivity index (χ0n) is 8.92. The number of likely N-dealkylation sites (N-methyl/N-ethyl adjacent to an activating group) is 1. The van der Waals surface area contributed by atoms with Crippen molar-refractivity contribution in [3.05, 3.63) is 35.4 Å². The fourth-order valence-corrected chi connectivity index (χ4v) is 1.38. The molecular formula is C11H13F2NO. The smallest absolute Gasteiger partial charge is 0.229 e. The molecule has 0 aliphatic heterocycles. The molecule has 1 unspecified atom stereocenters. The number of benzene rings is 1. The summed E-state index contributed by atoms with van der Waals surface area (Å²) in [4.78, 5) is 12.9. The van der Waals surface area contributed by atoms with Crippen molar-refractivity contribution in [2.75, 3.05) is 14.1 Å². The minimum atomic E-state index is -0.944. The second kappa shape index (κ2) is 4.38. The Kier molecular flexibility index (Phi) is 3.39. The lowest BCUT2D eigenvalue weighted by atomic mass is 9.99. The van der Waals surface area contributed by atoms with Crippen molar-refractivity contribution in [1.82, 2.24) is 4.90 Å². The van der Waals surface area contributed by atoms with E-state index in [0.717, 1.165) is 6.07 Å². The van der Waals surface area contributed by atoms with Gasteiger partial charge in [-0.2, -0.15) is 0 Å². The van der Waals surface area contributed by atoms with Gasteiger partial charge in [0.15, 0.2) is 11.6 Å². The highest BCUT2D eigenvalue weighted by molar-refractivity contribution is 5.82. The van der Waals surface area contributed by atoms with Gasteiger partial charge in [0.25, 0.3) is 0 Å². The lowest BCUT2D eigenvalue weighted by Crippen LogP contribution is -2.27. The average molecular weight is 213 g/mol. The zero-order chi connectivity index (χ0) is 11.6. The number of carbonyl (C=O) groups excluding carboxylic acids is 1. The minimum Gasteiger partial charge on any atom is -0.348 e. The number of hydrogen-bond donors (Lipinski definition) is 0. The summed E-state index contributed by atoms with van der Waals surface area (Å²) in [7, 11) is 3.16. The number of nitrogens with zero attached hydrogens (tertiary/aromatic N) is 1. The Morgan fingerprint density at radius 3 is 2.47 bits per heavy atom. The molecule has 0 aliphatic carbocycles. The Labute approximate surface area is 87.5 Å². The summed E-state index contributed by atoms with van der Waals surface area (Å²) in [5, 5.41) is 0. The lowest BCUT2D eigenvalue weighted by Gasteiger charge is -2.17. The molecule has 0 heterocycles. The third-order valence-electron chi connectivity index (χ3n) is 2.26. The molecule has 0 saturated heterocycles. The summed E-state index contributed by atoms with van der Waals surface area (Å²) in [6, 6.07) is 3.85. The van der Waals surface area contributed by atoms with Gasteiger partial charge in [-0.1, -0.05) is 12.1 Å². The maximum Gasteiger partial charge on any atom is 0.229 e. The Bertz CT molecular complexity index is 377. The molecule has 1 aromatic rings. The molecule has 1 aromatic carbocycles. The first kappa shape index (κ1) is 11.6. The molecule has 0 spiro atoms. The van der Waals surface area contributed by atoms with E-state index in [1.807, 2.05) is 0 Å². The minimum absolute atomic E-state index is 0.0914. The van der Waals surface area contributed by atoms with E-state index in [9.17, 15) is 13.6 Å². The van der Waals surface area contributed by atoms with Crippen LogP contribution >= 0.6 is 0 Å². The van der Waals surface area contributed by atoms with Crippen LogP contribution in [0.25, 0.3) is 0 Å². The van der Waals surface area contributed by atoms with Crippen LogP contribution in [0.5, 0.6) is 0 Å². The first-order valence-electron chi connectivity index (χ1n) is 4.60. The predicted octanol–water partition coefficient (Wildman–Crippen LogP) is 2.16. The van der Waals surface area contributed by atoms with Gasteiger partial charge < -0.3 is 4.90 Å². The van der Waals surface area contributed by atoms with Crippen molar-refractivity contribution in [2.45, 2.75) is 12.8 Å². The Morgan fingerprint density at radius 2 is 1.93 bits per heavy atom. The van der Waals surface area contributed by atoms with Gasteiger partial charge in [0.1, 0.15) is 0 Å². The summed E-state index contributed by atoms with van der Waals surface area (Å²) < 4.78 is 26.2.